The Labute approximate surface area is 183 Å². The minimum absolute atomic E-state index is 0.0287. The number of likely N-dealkylation sites (tertiary alicyclic amines) is 1. The molecule has 1 aliphatic heterocycles. The van der Waals surface area contributed by atoms with Crippen molar-refractivity contribution in [3.8, 4) is 17.2 Å². The maximum atomic E-state index is 12.5. The van der Waals surface area contributed by atoms with Gasteiger partial charge in [-0.25, -0.2) is 0 Å². The number of nitrogens with zero attached hydrogens (tertiary/aromatic N) is 1. The second kappa shape index (κ2) is 11.8. The predicted molar refractivity (Wildman–Crippen MR) is 117 cm³/mol. The van der Waals surface area contributed by atoms with Crippen LogP contribution < -0.4 is 19.5 Å². The minimum atomic E-state index is -0.0613. The molecule has 7 heteroatoms. The highest BCUT2D eigenvalue weighted by atomic mass is 16.5. The van der Waals surface area contributed by atoms with E-state index in [0.29, 0.717) is 44.0 Å². The molecule has 2 aromatic rings. The van der Waals surface area contributed by atoms with Crippen LogP contribution in [-0.2, 0) is 9.59 Å². The number of carbonyl (C=O) groups excluding carboxylic acids is 2. The molecule has 2 aromatic carbocycles. The first kappa shape index (κ1) is 22.5. The molecule has 1 saturated heterocycles. The molecule has 0 aromatic heterocycles. The summed E-state index contributed by atoms with van der Waals surface area (Å²) in [6.45, 7) is 1.70. The lowest BCUT2D eigenvalue weighted by Crippen LogP contribution is -2.47. The van der Waals surface area contributed by atoms with E-state index in [9.17, 15) is 9.59 Å². The van der Waals surface area contributed by atoms with Crippen LogP contribution in [0.4, 0.5) is 0 Å². The van der Waals surface area contributed by atoms with Gasteiger partial charge in [0.2, 0.25) is 5.91 Å². The topological polar surface area (TPSA) is 77.1 Å². The highest BCUT2D eigenvalue weighted by Gasteiger charge is 2.24. The average Bonchev–Trinajstić information content (AvgIpc) is 2.81. The van der Waals surface area contributed by atoms with Crippen molar-refractivity contribution in [1.29, 1.82) is 0 Å². The minimum Gasteiger partial charge on any atom is -0.494 e. The number of hydrogen-bond acceptors (Lipinski definition) is 5. The second-order valence-electron chi connectivity index (χ2n) is 7.43. The summed E-state index contributed by atoms with van der Waals surface area (Å²) in [4.78, 5) is 26.4. The van der Waals surface area contributed by atoms with E-state index in [1.807, 2.05) is 42.5 Å². The van der Waals surface area contributed by atoms with Crippen molar-refractivity contribution >= 4 is 11.8 Å². The van der Waals surface area contributed by atoms with Crippen molar-refractivity contribution in [3.05, 3.63) is 54.6 Å². The van der Waals surface area contributed by atoms with Crippen LogP contribution >= 0.6 is 0 Å². The highest BCUT2D eigenvalue weighted by Crippen LogP contribution is 2.25. The summed E-state index contributed by atoms with van der Waals surface area (Å²) in [5.41, 5.74) is 0. The first-order chi connectivity index (χ1) is 15.2. The summed E-state index contributed by atoms with van der Waals surface area (Å²) in [5.74, 6) is 1.94. The average molecular weight is 427 g/mol. The van der Waals surface area contributed by atoms with E-state index in [0.717, 1.165) is 18.6 Å². The fourth-order valence-corrected chi connectivity index (χ4v) is 3.48. The quantitative estimate of drug-likeness (QED) is 0.591. The maximum absolute atomic E-state index is 12.5. The largest absolute Gasteiger partial charge is 0.494 e. The van der Waals surface area contributed by atoms with Gasteiger partial charge in [0.1, 0.15) is 5.75 Å². The molecular formula is C24H30N2O5. The van der Waals surface area contributed by atoms with E-state index < -0.39 is 0 Å². The lowest BCUT2D eigenvalue weighted by Gasteiger charge is -2.32. The van der Waals surface area contributed by atoms with Gasteiger partial charge in [-0.2, -0.15) is 0 Å². The van der Waals surface area contributed by atoms with Gasteiger partial charge >= 0.3 is 0 Å². The van der Waals surface area contributed by atoms with Crippen LogP contribution in [0, 0.1) is 0 Å². The Morgan fingerprint density at radius 2 is 1.65 bits per heavy atom. The molecule has 0 aliphatic carbocycles. The van der Waals surface area contributed by atoms with E-state index in [-0.39, 0.29) is 24.5 Å². The number of piperidine rings is 1. The molecule has 1 aliphatic rings. The normalized spacial score (nSPS) is 14.0. The van der Waals surface area contributed by atoms with Crippen molar-refractivity contribution in [2.24, 2.45) is 0 Å². The van der Waals surface area contributed by atoms with Gasteiger partial charge in [-0.15, -0.1) is 0 Å². The van der Waals surface area contributed by atoms with Gasteiger partial charge in [0, 0.05) is 25.6 Å². The second-order valence-corrected chi connectivity index (χ2v) is 7.43. The van der Waals surface area contributed by atoms with Crippen LogP contribution in [0.3, 0.4) is 0 Å². The summed E-state index contributed by atoms with van der Waals surface area (Å²) in [6, 6.07) is 16.9. The molecular weight excluding hydrogens is 396 g/mol. The van der Waals surface area contributed by atoms with Gasteiger partial charge in [0.25, 0.3) is 5.91 Å². The van der Waals surface area contributed by atoms with Crippen molar-refractivity contribution in [2.75, 3.05) is 33.4 Å². The maximum Gasteiger partial charge on any atom is 0.260 e. The van der Waals surface area contributed by atoms with Crippen LogP contribution in [0.2, 0.25) is 0 Å². The molecule has 0 spiro atoms. The fourth-order valence-electron chi connectivity index (χ4n) is 3.48. The molecule has 1 N–H and O–H groups in total. The van der Waals surface area contributed by atoms with Crippen molar-refractivity contribution in [2.45, 2.75) is 31.7 Å². The molecule has 0 unspecified atom stereocenters. The molecule has 7 nitrogen and oxygen atoms in total. The monoisotopic (exact) mass is 426 g/mol. The van der Waals surface area contributed by atoms with E-state index in [1.54, 1.807) is 24.1 Å². The van der Waals surface area contributed by atoms with Crippen LogP contribution in [0.25, 0.3) is 0 Å². The third-order valence-corrected chi connectivity index (χ3v) is 5.19. The van der Waals surface area contributed by atoms with Crippen LogP contribution in [-0.4, -0.2) is 56.2 Å². The number of rotatable bonds is 10. The summed E-state index contributed by atoms with van der Waals surface area (Å²) in [5, 5.41) is 3.07. The molecule has 0 bridgehead atoms. The molecule has 0 radical (unpaired) electrons. The lowest BCUT2D eigenvalue weighted by atomic mass is 10.0. The van der Waals surface area contributed by atoms with Crippen LogP contribution in [0.5, 0.6) is 17.2 Å². The molecule has 31 heavy (non-hydrogen) atoms. The van der Waals surface area contributed by atoms with E-state index >= 15 is 0 Å². The van der Waals surface area contributed by atoms with Gasteiger partial charge in [-0.3, -0.25) is 9.59 Å². The number of amides is 2. The van der Waals surface area contributed by atoms with Gasteiger partial charge in [-0.1, -0.05) is 30.3 Å². The smallest absolute Gasteiger partial charge is 0.260 e. The van der Waals surface area contributed by atoms with Gasteiger partial charge in [0.05, 0.1) is 13.7 Å². The Morgan fingerprint density at radius 3 is 2.35 bits per heavy atom. The zero-order chi connectivity index (χ0) is 21.9. The van der Waals surface area contributed by atoms with Crippen molar-refractivity contribution < 1.29 is 23.8 Å². The number of ether oxygens (including phenoxy) is 3. The Morgan fingerprint density at radius 1 is 0.968 bits per heavy atom. The number of nitrogens with one attached hydrogen (secondary N) is 1. The Kier molecular flexibility index (Phi) is 8.58. The Balaban J connectivity index is 1.30. The van der Waals surface area contributed by atoms with Crippen molar-refractivity contribution in [3.63, 3.8) is 0 Å². The summed E-state index contributed by atoms with van der Waals surface area (Å²) in [6.07, 6.45) is 2.58. The number of hydrogen-bond donors (Lipinski definition) is 1. The standard InChI is InChI=1S/C24H30N2O5/c1-29-21-10-5-6-11-22(21)31-18-24(28)26-15-13-19(14-16-26)25-23(27)12-7-17-30-20-8-3-2-4-9-20/h2-6,8-11,19H,7,12-18H2,1H3,(H,25,27). The first-order valence-electron chi connectivity index (χ1n) is 10.7. The zero-order valence-corrected chi connectivity index (χ0v) is 17.9. The number of benzene rings is 2. The Hall–Kier alpha value is -3.22. The van der Waals surface area contributed by atoms with Gasteiger partial charge in [0.15, 0.2) is 18.1 Å². The summed E-state index contributed by atoms with van der Waals surface area (Å²) < 4.78 is 16.5. The summed E-state index contributed by atoms with van der Waals surface area (Å²) >= 11 is 0. The Bertz CT molecular complexity index is 835. The number of carbonyl (C=O) groups is 2. The number of para-hydroxylation sites is 3. The van der Waals surface area contributed by atoms with Gasteiger partial charge in [-0.05, 0) is 43.5 Å². The molecule has 0 saturated carbocycles. The van der Waals surface area contributed by atoms with Crippen LogP contribution in [0.15, 0.2) is 54.6 Å². The lowest BCUT2D eigenvalue weighted by molar-refractivity contribution is -0.134. The van der Waals surface area contributed by atoms with E-state index in [1.165, 1.54) is 0 Å². The van der Waals surface area contributed by atoms with Gasteiger partial charge < -0.3 is 24.4 Å². The molecule has 1 heterocycles. The molecule has 2 amide bonds. The van der Waals surface area contributed by atoms with E-state index in [2.05, 4.69) is 5.32 Å². The molecule has 1 fully saturated rings. The third kappa shape index (κ3) is 7.20. The van der Waals surface area contributed by atoms with Crippen molar-refractivity contribution in [1.82, 2.24) is 10.2 Å². The first-order valence-corrected chi connectivity index (χ1v) is 10.7. The third-order valence-electron chi connectivity index (χ3n) is 5.19. The summed E-state index contributed by atoms with van der Waals surface area (Å²) in [7, 11) is 1.57. The molecule has 0 atom stereocenters. The highest BCUT2D eigenvalue weighted by molar-refractivity contribution is 5.78. The predicted octanol–water partition coefficient (Wildman–Crippen LogP) is 3.04. The zero-order valence-electron chi connectivity index (χ0n) is 17.9. The SMILES string of the molecule is COc1ccccc1OCC(=O)N1CCC(NC(=O)CCCOc2ccccc2)CC1. The molecule has 3 rings (SSSR count). The number of methoxy groups -OCH3 is 1. The fraction of sp³-hybridized carbons (Fsp3) is 0.417. The van der Waals surface area contributed by atoms with Crippen LogP contribution in [0.1, 0.15) is 25.7 Å². The molecule has 166 valence electrons. The van der Waals surface area contributed by atoms with E-state index in [4.69, 9.17) is 14.2 Å².